The van der Waals surface area contributed by atoms with Crippen molar-refractivity contribution in [2.45, 2.75) is 38.5 Å². The Morgan fingerprint density at radius 3 is 2.48 bits per heavy atom. The minimum absolute atomic E-state index is 0.0769. The summed E-state index contributed by atoms with van der Waals surface area (Å²) in [6.45, 7) is 0. The SMILES string of the molecule is O=Cc1c([N+](=O)[O-])ccc(CCCCCCC(=O)Cl)c1Cl. The van der Waals surface area contributed by atoms with E-state index in [0.29, 0.717) is 19.1 Å². The van der Waals surface area contributed by atoms with Gasteiger partial charge in [0.2, 0.25) is 5.24 Å². The number of halogens is 2. The van der Waals surface area contributed by atoms with Gasteiger partial charge in [0, 0.05) is 12.5 Å². The van der Waals surface area contributed by atoms with Crippen LogP contribution in [-0.4, -0.2) is 16.5 Å². The maximum atomic E-state index is 11.0. The molecule has 114 valence electrons. The van der Waals surface area contributed by atoms with Gasteiger partial charge in [-0.1, -0.05) is 30.5 Å². The third-order valence-corrected chi connectivity index (χ3v) is 3.76. The zero-order chi connectivity index (χ0) is 15.8. The molecular weight excluding hydrogens is 317 g/mol. The quantitative estimate of drug-likeness (QED) is 0.222. The summed E-state index contributed by atoms with van der Waals surface area (Å²) in [7, 11) is 0. The van der Waals surface area contributed by atoms with Crippen molar-refractivity contribution in [1.29, 1.82) is 0 Å². The van der Waals surface area contributed by atoms with Crippen LogP contribution < -0.4 is 0 Å². The summed E-state index contributed by atoms with van der Waals surface area (Å²) in [5, 5.41) is 10.6. The second-order valence-electron chi connectivity index (χ2n) is 4.62. The van der Waals surface area contributed by atoms with Gasteiger partial charge in [-0.25, -0.2) is 0 Å². The molecule has 0 unspecified atom stereocenters. The van der Waals surface area contributed by atoms with Crippen molar-refractivity contribution >= 4 is 40.4 Å². The summed E-state index contributed by atoms with van der Waals surface area (Å²) < 4.78 is 0. The van der Waals surface area contributed by atoms with Gasteiger partial charge in [0.25, 0.3) is 5.69 Å². The van der Waals surface area contributed by atoms with E-state index in [0.717, 1.165) is 31.2 Å². The van der Waals surface area contributed by atoms with Gasteiger partial charge in [0.05, 0.1) is 9.95 Å². The number of rotatable bonds is 9. The Bertz CT molecular complexity index is 546. The molecule has 0 N–H and O–H groups in total. The largest absolute Gasteiger partial charge is 0.298 e. The predicted molar refractivity (Wildman–Crippen MR) is 81.1 cm³/mol. The molecule has 0 saturated heterocycles. The average Bonchev–Trinajstić information content (AvgIpc) is 2.43. The Kier molecular flexibility index (Phi) is 7.32. The molecule has 1 aromatic rings. The summed E-state index contributed by atoms with van der Waals surface area (Å²) in [6, 6.07) is 2.88. The zero-order valence-electron chi connectivity index (χ0n) is 11.3. The fraction of sp³-hybridized carbons (Fsp3) is 0.429. The lowest BCUT2D eigenvalue weighted by Gasteiger charge is -2.06. The van der Waals surface area contributed by atoms with Gasteiger partial charge in [0.1, 0.15) is 5.56 Å². The topological polar surface area (TPSA) is 77.3 Å². The molecule has 0 heterocycles. The number of nitrogens with zero attached hydrogens (tertiary/aromatic N) is 1. The monoisotopic (exact) mass is 331 g/mol. The van der Waals surface area contributed by atoms with Crippen LogP contribution in [-0.2, 0) is 11.2 Å². The van der Waals surface area contributed by atoms with Crippen LogP contribution in [0.5, 0.6) is 0 Å². The number of carbonyl (C=O) groups is 2. The molecule has 7 heteroatoms. The number of benzene rings is 1. The molecule has 0 aliphatic rings. The highest BCUT2D eigenvalue weighted by molar-refractivity contribution is 6.63. The van der Waals surface area contributed by atoms with E-state index in [4.69, 9.17) is 23.2 Å². The van der Waals surface area contributed by atoms with Gasteiger partial charge in [-0.05, 0) is 36.4 Å². The van der Waals surface area contributed by atoms with Gasteiger partial charge in [0.15, 0.2) is 6.29 Å². The van der Waals surface area contributed by atoms with E-state index in [1.165, 1.54) is 6.07 Å². The fourth-order valence-corrected chi connectivity index (χ4v) is 2.46. The zero-order valence-corrected chi connectivity index (χ0v) is 12.8. The average molecular weight is 332 g/mol. The maximum Gasteiger partial charge on any atom is 0.281 e. The van der Waals surface area contributed by atoms with E-state index >= 15 is 0 Å². The van der Waals surface area contributed by atoms with Gasteiger partial charge in [-0.3, -0.25) is 19.7 Å². The van der Waals surface area contributed by atoms with Crippen molar-refractivity contribution in [2.24, 2.45) is 0 Å². The Balaban J connectivity index is 2.58. The summed E-state index contributed by atoms with van der Waals surface area (Å²) in [4.78, 5) is 31.7. The van der Waals surface area contributed by atoms with Crippen LogP contribution in [0.15, 0.2) is 12.1 Å². The molecule has 1 rings (SSSR count). The van der Waals surface area contributed by atoms with Crippen LogP contribution in [0.1, 0.15) is 48.0 Å². The van der Waals surface area contributed by atoms with Crippen molar-refractivity contribution < 1.29 is 14.5 Å². The van der Waals surface area contributed by atoms with Crippen LogP contribution in [0.4, 0.5) is 5.69 Å². The first-order chi connectivity index (χ1) is 9.97. The third kappa shape index (κ3) is 5.44. The summed E-state index contributed by atoms with van der Waals surface area (Å²) in [5.41, 5.74) is 0.365. The third-order valence-electron chi connectivity index (χ3n) is 3.12. The van der Waals surface area contributed by atoms with E-state index in [1.54, 1.807) is 6.07 Å². The highest BCUT2D eigenvalue weighted by Gasteiger charge is 2.18. The Morgan fingerprint density at radius 1 is 1.24 bits per heavy atom. The summed E-state index contributed by atoms with van der Waals surface area (Å²) in [6.07, 6.45) is 4.76. The van der Waals surface area contributed by atoms with Crippen molar-refractivity contribution in [3.8, 4) is 0 Å². The highest BCUT2D eigenvalue weighted by Crippen LogP contribution is 2.29. The van der Waals surface area contributed by atoms with Crippen molar-refractivity contribution in [1.82, 2.24) is 0 Å². The normalized spacial score (nSPS) is 10.4. The second-order valence-corrected chi connectivity index (χ2v) is 5.42. The minimum Gasteiger partial charge on any atom is -0.298 e. The van der Waals surface area contributed by atoms with Crippen LogP contribution in [0.25, 0.3) is 0 Å². The van der Waals surface area contributed by atoms with Gasteiger partial charge in [-0.15, -0.1) is 0 Å². The number of aryl methyl sites for hydroxylation is 1. The molecular formula is C14H15Cl2NO4. The summed E-state index contributed by atoms with van der Waals surface area (Å²) >= 11 is 11.3. The van der Waals surface area contributed by atoms with Gasteiger partial charge >= 0.3 is 0 Å². The number of unbranched alkanes of at least 4 members (excludes halogenated alkanes) is 3. The maximum absolute atomic E-state index is 11.0. The molecule has 0 aliphatic heterocycles. The van der Waals surface area contributed by atoms with Crippen LogP contribution in [0, 0.1) is 10.1 Å². The molecule has 0 radical (unpaired) electrons. The summed E-state index contributed by atoms with van der Waals surface area (Å²) in [5.74, 6) is 0. The Hall–Kier alpha value is -1.46. The molecule has 0 spiro atoms. The number of hydrogen-bond donors (Lipinski definition) is 0. The molecule has 1 aromatic carbocycles. The van der Waals surface area contributed by atoms with E-state index in [2.05, 4.69) is 0 Å². The molecule has 5 nitrogen and oxygen atoms in total. The molecule has 0 bridgehead atoms. The predicted octanol–water partition coefficient (Wildman–Crippen LogP) is 4.32. The molecule has 0 saturated carbocycles. The van der Waals surface area contributed by atoms with Gasteiger partial charge < -0.3 is 0 Å². The molecule has 0 atom stereocenters. The second kappa shape index (κ2) is 8.74. The molecule has 0 aliphatic carbocycles. The van der Waals surface area contributed by atoms with E-state index in [-0.39, 0.29) is 21.5 Å². The fourth-order valence-electron chi connectivity index (χ4n) is 2.03. The first-order valence-electron chi connectivity index (χ1n) is 6.56. The number of hydrogen-bond acceptors (Lipinski definition) is 4. The van der Waals surface area contributed by atoms with Crippen LogP contribution >= 0.6 is 23.2 Å². The van der Waals surface area contributed by atoms with E-state index in [9.17, 15) is 19.7 Å². The Labute approximate surface area is 132 Å². The first-order valence-corrected chi connectivity index (χ1v) is 7.32. The Morgan fingerprint density at radius 2 is 1.90 bits per heavy atom. The minimum atomic E-state index is -0.622. The molecule has 0 fully saturated rings. The van der Waals surface area contributed by atoms with Crippen LogP contribution in [0.2, 0.25) is 5.02 Å². The lowest BCUT2D eigenvalue weighted by atomic mass is 10.0. The van der Waals surface area contributed by atoms with Crippen molar-refractivity contribution in [3.63, 3.8) is 0 Å². The number of nitro groups is 1. The van der Waals surface area contributed by atoms with E-state index in [1.807, 2.05) is 0 Å². The standard InChI is InChI=1S/C14H15Cl2NO4/c15-13(19)6-4-2-1-3-5-10-7-8-12(17(20)21)11(9-18)14(10)16/h7-9H,1-6H2. The van der Waals surface area contributed by atoms with E-state index < -0.39 is 4.92 Å². The molecule has 0 aromatic heterocycles. The molecule has 21 heavy (non-hydrogen) atoms. The number of carbonyl (C=O) groups excluding carboxylic acids is 2. The highest BCUT2D eigenvalue weighted by atomic mass is 35.5. The smallest absolute Gasteiger partial charge is 0.281 e. The van der Waals surface area contributed by atoms with Crippen molar-refractivity contribution in [2.75, 3.05) is 0 Å². The number of aldehydes is 1. The lowest BCUT2D eigenvalue weighted by molar-refractivity contribution is -0.385. The molecule has 0 amide bonds. The number of nitro benzene ring substituents is 1. The van der Waals surface area contributed by atoms with Gasteiger partial charge in [-0.2, -0.15) is 0 Å². The first kappa shape index (κ1) is 17.6. The van der Waals surface area contributed by atoms with Crippen molar-refractivity contribution in [3.05, 3.63) is 38.4 Å². The lowest BCUT2D eigenvalue weighted by Crippen LogP contribution is -1.98. The van der Waals surface area contributed by atoms with Crippen LogP contribution in [0.3, 0.4) is 0 Å².